The zero-order valence-corrected chi connectivity index (χ0v) is 13.1. The molecule has 0 amide bonds. The lowest BCUT2D eigenvalue weighted by Gasteiger charge is -2.24. The van der Waals surface area contributed by atoms with Crippen LogP contribution >= 0.6 is 0 Å². The van der Waals surface area contributed by atoms with Gasteiger partial charge in [0, 0.05) is 6.04 Å². The fourth-order valence-corrected chi connectivity index (χ4v) is 3.34. The first kappa shape index (κ1) is 18.1. The zero-order chi connectivity index (χ0) is 17.1. The Balaban J connectivity index is 3.30. The maximum atomic E-state index is 13.8. The molecule has 0 aliphatic carbocycles. The lowest BCUT2D eigenvalue weighted by Crippen LogP contribution is -2.40. The number of aliphatic carboxylic acids is 1. The van der Waals surface area contributed by atoms with E-state index in [9.17, 15) is 22.4 Å². The van der Waals surface area contributed by atoms with Crippen molar-refractivity contribution in [2.75, 3.05) is 13.7 Å². The molecule has 22 heavy (non-hydrogen) atoms. The van der Waals surface area contributed by atoms with E-state index in [1.807, 2.05) is 0 Å². The van der Waals surface area contributed by atoms with Gasteiger partial charge in [-0.25, -0.2) is 17.6 Å². The number of carboxylic acid groups (broad SMARTS) is 1. The minimum Gasteiger partial charge on any atom is -0.480 e. The quantitative estimate of drug-likeness (QED) is 0.782. The number of halogens is 1. The maximum absolute atomic E-state index is 13.8. The Morgan fingerprint density at radius 1 is 1.36 bits per heavy atom. The minimum absolute atomic E-state index is 0.407. The summed E-state index contributed by atoms with van der Waals surface area (Å²) in [6.07, 6.45) is 0. The first-order valence-corrected chi connectivity index (χ1v) is 7.66. The molecule has 7 nitrogen and oxygen atoms in total. The molecular weight excluding hydrogens is 317 g/mol. The third kappa shape index (κ3) is 3.80. The van der Waals surface area contributed by atoms with Crippen LogP contribution < -0.4 is 0 Å². The van der Waals surface area contributed by atoms with E-state index in [0.29, 0.717) is 6.07 Å². The number of carbonyl (C=O) groups is 2. The number of benzene rings is 1. The van der Waals surface area contributed by atoms with Gasteiger partial charge in [0.1, 0.15) is 12.4 Å². The Labute approximate surface area is 127 Å². The van der Waals surface area contributed by atoms with Gasteiger partial charge in [0.2, 0.25) is 10.0 Å². The van der Waals surface area contributed by atoms with E-state index in [2.05, 4.69) is 4.74 Å². The van der Waals surface area contributed by atoms with Crippen LogP contribution in [0.5, 0.6) is 0 Å². The van der Waals surface area contributed by atoms with Crippen LogP contribution in [-0.4, -0.2) is 49.5 Å². The normalized spacial score (nSPS) is 11.7. The van der Waals surface area contributed by atoms with Crippen LogP contribution in [0.4, 0.5) is 4.39 Å². The first-order chi connectivity index (χ1) is 10.1. The van der Waals surface area contributed by atoms with Crippen LogP contribution in [0, 0.1) is 5.82 Å². The van der Waals surface area contributed by atoms with Gasteiger partial charge in [-0.2, -0.15) is 4.31 Å². The smallest absolute Gasteiger partial charge is 0.340 e. The fraction of sp³-hybridized carbons (Fsp3) is 0.385. The van der Waals surface area contributed by atoms with Gasteiger partial charge in [-0.05, 0) is 32.0 Å². The second kappa shape index (κ2) is 6.84. The molecule has 122 valence electrons. The highest BCUT2D eigenvalue weighted by Crippen LogP contribution is 2.21. The highest BCUT2D eigenvalue weighted by Gasteiger charge is 2.30. The van der Waals surface area contributed by atoms with Crippen LogP contribution in [0.25, 0.3) is 0 Å². The molecule has 0 aliphatic rings. The molecule has 0 radical (unpaired) electrons. The highest BCUT2D eigenvalue weighted by atomic mass is 32.2. The summed E-state index contributed by atoms with van der Waals surface area (Å²) < 4.78 is 43.7. The Morgan fingerprint density at radius 2 is 1.95 bits per heavy atom. The van der Waals surface area contributed by atoms with Crippen molar-refractivity contribution in [3.63, 3.8) is 0 Å². The molecule has 0 aliphatic heterocycles. The third-order valence-electron chi connectivity index (χ3n) is 2.82. The highest BCUT2D eigenvalue weighted by molar-refractivity contribution is 7.89. The van der Waals surface area contributed by atoms with Crippen LogP contribution in [-0.2, 0) is 19.6 Å². The van der Waals surface area contributed by atoms with E-state index in [-0.39, 0.29) is 0 Å². The monoisotopic (exact) mass is 333 g/mol. The summed E-state index contributed by atoms with van der Waals surface area (Å²) in [5, 5.41) is 8.81. The Bertz CT molecular complexity index is 686. The molecule has 1 rings (SSSR count). The van der Waals surface area contributed by atoms with Gasteiger partial charge in [0.15, 0.2) is 0 Å². The van der Waals surface area contributed by atoms with E-state index >= 15 is 0 Å². The third-order valence-corrected chi connectivity index (χ3v) is 4.84. The van der Waals surface area contributed by atoms with Crippen molar-refractivity contribution < 1.29 is 32.2 Å². The van der Waals surface area contributed by atoms with E-state index in [1.165, 1.54) is 13.8 Å². The van der Waals surface area contributed by atoms with E-state index in [0.717, 1.165) is 23.5 Å². The van der Waals surface area contributed by atoms with Crippen molar-refractivity contribution in [2.45, 2.75) is 24.8 Å². The maximum Gasteiger partial charge on any atom is 0.340 e. The summed E-state index contributed by atoms with van der Waals surface area (Å²) >= 11 is 0. The molecule has 1 aromatic carbocycles. The molecule has 0 bridgehead atoms. The number of esters is 1. The molecular formula is C13H16FNO6S. The van der Waals surface area contributed by atoms with E-state index in [4.69, 9.17) is 5.11 Å². The summed E-state index contributed by atoms with van der Waals surface area (Å²) in [5.41, 5.74) is -0.407. The predicted octanol–water partition coefficient (Wildman–Crippen LogP) is 1.10. The molecule has 0 aromatic heterocycles. The van der Waals surface area contributed by atoms with Crippen LogP contribution in [0.15, 0.2) is 23.1 Å². The Morgan fingerprint density at radius 3 is 2.36 bits per heavy atom. The largest absolute Gasteiger partial charge is 0.480 e. The number of nitrogens with zero attached hydrogens (tertiary/aromatic N) is 1. The van der Waals surface area contributed by atoms with E-state index < -0.39 is 50.8 Å². The Hall–Kier alpha value is -2.00. The van der Waals surface area contributed by atoms with Gasteiger partial charge in [0.05, 0.1) is 17.6 Å². The average molecular weight is 333 g/mol. The number of methoxy groups -OCH3 is 1. The lowest BCUT2D eigenvalue weighted by atomic mass is 10.2. The van der Waals surface area contributed by atoms with Gasteiger partial charge in [-0.15, -0.1) is 0 Å². The van der Waals surface area contributed by atoms with E-state index in [1.54, 1.807) is 0 Å². The summed E-state index contributed by atoms with van der Waals surface area (Å²) in [7, 11) is -3.14. The minimum atomic E-state index is -4.21. The van der Waals surface area contributed by atoms with Crippen LogP contribution in [0.3, 0.4) is 0 Å². The molecule has 9 heteroatoms. The van der Waals surface area contributed by atoms with Crippen molar-refractivity contribution in [2.24, 2.45) is 0 Å². The summed E-state index contributed by atoms with van der Waals surface area (Å²) in [6.45, 7) is 2.25. The number of hydrogen-bond donors (Lipinski definition) is 1. The average Bonchev–Trinajstić information content (AvgIpc) is 2.43. The van der Waals surface area contributed by atoms with Gasteiger partial charge < -0.3 is 9.84 Å². The second-order valence-electron chi connectivity index (χ2n) is 4.67. The molecule has 0 saturated heterocycles. The predicted molar refractivity (Wildman–Crippen MR) is 74.4 cm³/mol. The molecule has 1 aromatic rings. The van der Waals surface area contributed by atoms with Gasteiger partial charge >= 0.3 is 11.9 Å². The van der Waals surface area contributed by atoms with Crippen molar-refractivity contribution in [1.82, 2.24) is 4.31 Å². The second-order valence-corrected chi connectivity index (χ2v) is 6.56. The van der Waals surface area contributed by atoms with Gasteiger partial charge in [-0.3, -0.25) is 4.79 Å². The van der Waals surface area contributed by atoms with Crippen LogP contribution in [0.2, 0.25) is 0 Å². The molecule has 0 atom stereocenters. The molecule has 0 unspecified atom stereocenters. The number of carbonyl (C=O) groups excluding carboxylic acids is 1. The topological polar surface area (TPSA) is 101 Å². The fourth-order valence-electron chi connectivity index (χ4n) is 1.75. The van der Waals surface area contributed by atoms with Gasteiger partial charge in [0.25, 0.3) is 0 Å². The Kier molecular flexibility index (Phi) is 5.61. The van der Waals surface area contributed by atoms with Crippen molar-refractivity contribution in [3.05, 3.63) is 29.6 Å². The lowest BCUT2D eigenvalue weighted by molar-refractivity contribution is -0.137. The summed E-state index contributed by atoms with van der Waals surface area (Å²) in [4.78, 5) is 21.6. The zero-order valence-electron chi connectivity index (χ0n) is 12.2. The molecule has 0 saturated carbocycles. The number of rotatable bonds is 6. The van der Waals surface area contributed by atoms with Crippen molar-refractivity contribution in [1.29, 1.82) is 0 Å². The van der Waals surface area contributed by atoms with Crippen molar-refractivity contribution in [3.8, 4) is 0 Å². The number of carboxylic acids is 1. The molecule has 0 heterocycles. The first-order valence-electron chi connectivity index (χ1n) is 6.22. The number of hydrogen-bond acceptors (Lipinski definition) is 5. The van der Waals surface area contributed by atoms with Gasteiger partial charge in [-0.1, -0.05) is 0 Å². The number of sulfonamides is 1. The molecule has 0 spiro atoms. The van der Waals surface area contributed by atoms with Crippen LogP contribution in [0.1, 0.15) is 24.2 Å². The number of ether oxygens (including phenoxy) is 1. The summed E-state index contributed by atoms with van der Waals surface area (Å²) in [5.74, 6) is -3.33. The molecule has 1 N–H and O–H groups in total. The van der Waals surface area contributed by atoms with Crippen molar-refractivity contribution >= 4 is 22.0 Å². The SMILES string of the molecule is COC(=O)c1ccc(S(=O)(=O)N(CC(=O)O)C(C)C)cc1F. The standard InChI is InChI=1S/C13H16FNO6S/c1-8(2)15(7-12(16)17)22(19,20)9-4-5-10(11(14)6-9)13(18)21-3/h4-6,8H,7H2,1-3H3,(H,16,17). The summed E-state index contributed by atoms with van der Waals surface area (Å²) in [6, 6.07) is 2.04. The molecule has 0 fully saturated rings.